The lowest BCUT2D eigenvalue weighted by Crippen LogP contribution is -2.31. The molecule has 144 valence electrons. The summed E-state index contributed by atoms with van der Waals surface area (Å²) in [7, 11) is 3.33. The molecule has 6 heteroatoms. The average Bonchev–Trinajstić information content (AvgIpc) is 2.72. The van der Waals surface area contributed by atoms with Gasteiger partial charge in [0.05, 0.1) is 14.2 Å². The Labute approximate surface area is 165 Å². The first kappa shape index (κ1) is 18.1. The number of benzene rings is 2. The summed E-state index contributed by atoms with van der Waals surface area (Å²) >= 11 is 0. The first-order chi connectivity index (χ1) is 13.7. The van der Waals surface area contributed by atoms with E-state index in [0.29, 0.717) is 0 Å². The third-order valence-corrected chi connectivity index (χ3v) is 4.93. The summed E-state index contributed by atoms with van der Waals surface area (Å²) in [6.45, 7) is 3.67. The second-order valence-corrected chi connectivity index (χ2v) is 6.88. The zero-order valence-electron chi connectivity index (χ0n) is 16.4. The molecule has 0 fully saturated rings. The molecule has 0 saturated carbocycles. The van der Waals surface area contributed by atoms with Gasteiger partial charge in [0.2, 0.25) is 5.95 Å². The van der Waals surface area contributed by atoms with Gasteiger partial charge < -0.3 is 19.7 Å². The molecule has 3 aromatic rings. The third kappa shape index (κ3) is 3.71. The lowest BCUT2D eigenvalue weighted by molar-refractivity contribution is 0.353. The molecule has 0 radical (unpaired) electrons. The van der Waals surface area contributed by atoms with Gasteiger partial charge in [0.25, 0.3) is 0 Å². The van der Waals surface area contributed by atoms with E-state index in [9.17, 15) is 0 Å². The number of nitrogens with zero attached hydrogens (tertiary/aromatic N) is 3. The predicted molar refractivity (Wildman–Crippen MR) is 111 cm³/mol. The quantitative estimate of drug-likeness (QED) is 0.723. The van der Waals surface area contributed by atoms with Gasteiger partial charge in [-0.3, -0.25) is 0 Å². The summed E-state index contributed by atoms with van der Waals surface area (Å²) in [4.78, 5) is 11.4. The van der Waals surface area contributed by atoms with E-state index in [1.807, 2.05) is 18.2 Å². The van der Waals surface area contributed by atoms with Crippen molar-refractivity contribution < 1.29 is 9.47 Å². The number of rotatable bonds is 5. The van der Waals surface area contributed by atoms with Crippen LogP contribution < -0.4 is 19.7 Å². The number of ether oxygens (including phenoxy) is 2. The van der Waals surface area contributed by atoms with E-state index in [0.717, 1.165) is 48.5 Å². The molecule has 1 aliphatic rings. The van der Waals surface area contributed by atoms with Crippen LogP contribution in [0.3, 0.4) is 0 Å². The highest BCUT2D eigenvalue weighted by Crippen LogP contribution is 2.34. The number of aromatic nitrogens is 2. The molecule has 1 aromatic heterocycles. The minimum atomic E-state index is 0.720. The SMILES string of the molecule is COc1cc2c(cc1OC)CN(c1nccc(Nc3cccc(C)c3)n1)CC2. The fraction of sp³-hybridized carbons (Fsp3) is 0.273. The molecule has 0 saturated heterocycles. The van der Waals surface area contributed by atoms with Gasteiger partial charge in [-0.15, -0.1) is 0 Å². The lowest BCUT2D eigenvalue weighted by atomic mass is 9.99. The molecular weight excluding hydrogens is 352 g/mol. The van der Waals surface area contributed by atoms with Crippen LogP contribution >= 0.6 is 0 Å². The second-order valence-electron chi connectivity index (χ2n) is 6.88. The number of methoxy groups -OCH3 is 2. The topological polar surface area (TPSA) is 59.5 Å². The molecule has 6 nitrogen and oxygen atoms in total. The van der Waals surface area contributed by atoms with E-state index in [1.165, 1.54) is 16.7 Å². The molecule has 28 heavy (non-hydrogen) atoms. The molecule has 0 amide bonds. The predicted octanol–water partition coefficient (Wildman–Crippen LogP) is 4.11. The van der Waals surface area contributed by atoms with Gasteiger partial charge in [0, 0.05) is 25.0 Å². The molecule has 0 bridgehead atoms. The van der Waals surface area contributed by atoms with Gasteiger partial charge in [-0.1, -0.05) is 12.1 Å². The van der Waals surface area contributed by atoms with Gasteiger partial charge in [-0.05, 0) is 60.4 Å². The largest absolute Gasteiger partial charge is 0.493 e. The van der Waals surface area contributed by atoms with Crippen molar-refractivity contribution in [2.24, 2.45) is 0 Å². The first-order valence-corrected chi connectivity index (χ1v) is 9.32. The van der Waals surface area contributed by atoms with Crippen LogP contribution in [0.4, 0.5) is 17.5 Å². The number of anilines is 3. The van der Waals surface area contributed by atoms with Crippen molar-refractivity contribution in [1.82, 2.24) is 9.97 Å². The van der Waals surface area contributed by atoms with Crippen LogP contribution in [0, 0.1) is 6.92 Å². The van der Waals surface area contributed by atoms with Gasteiger partial charge in [-0.25, -0.2) is 4.98 Å². The Balaban J connectivity index is 1.56. The Hall–Kier alpha value is -3.28. The van der Waals surface area contributed by atoms with Crippen molar-refractivity contribution in [2.75, 3.05) is 31.0 Å². The smallest absolute Gasteiger partial charge is 0.227 e. The molecule has 1 N–H and O–H groups in total. The summed E-state index contributed by atoms with van der Waals surface area (Å²) in [6.07, 6.45) is 2.71. The molecule has 2 aromatic carbocycles. The molecule has 4 rings (SSSR count). The molecule has 1 aliphatic heterocycles. The average molecular weight is 376 g/mol. The maximum atomic E-state index is 5.45. The Morgan fingerprint density at radius 3 is 2.54 bits per heavy atom. The normalized spacial score (nSPS) is 13.0. The molecule has 0 unspecified atom stereocenters. The lowest BCUT2D eigenvalue weighted by Gasteiger charge is -2.29. The highest BCUT2D eigenvalue weighted by Gasteiger charge is 2.21. The highest BCUT2D eigenvalue weighted by molar-refractivity contribution is 5.58. The zero-order valence-corrected chi connectivity index (χ0v) is 16.4. The summed E-state index contributed by atoms with van der Waals surface area (Å²) in [5, 5.41) is 3.36. The summed E-state index contributed by atoms with van der Waals surface area (Å²) in [5.74, 6) is 3.03. The first-order valence-electron chi connectivity index (χ1n) is 9.32. The van der Waals surface area contributed by atoms with Gasteiger partial charge >= 0.3 is 0 Å². The van der Waals surface area contributed by atoms with Crippen LogP contribution in [0.15, 0.2) is 48.7 Å². The van der Waals surface area contributed by atoms with E-state index in [2.05, 4.69) is 46.4 Å². The van der Waals surface area contributed by atoms with Crippen molar-refractivity contribution in [3.05, 3.63) is 65.4 Å². The maximum absolute atomic E-state index is 5.45. The molecule has 2 heterocycles. The van der Waals surface area contributed by atoms with Crippen molar-refractivity contribution in [1.29, 1.82) is 0 Å². The van der Waals surface area contributed by atoms with E-state index < -0.39 is 0 Å². The monoisotopic (exact) mass is 376 g/mol. The van der Waals surface area contributed by atoms with Crippen LogP contribution in [0.1, 0.15) is 16.7 Å². The Morgan fingerprint density at radius 2 is 1.79 bits per heavy atom. The van der Waals surface area contributed by atoms with Crippen molar-refractivity contribution in [2.45, 2.75) is 19.9 Å². The number of hydrogen-bond acceptors (Lipinski definition) is 6. The van der Waals surface area contributed by atoms with Crippen LogP contribution in [0.2, 0.25) is 0 Å². The standard InChI is InChI=1S/C22H24N4O2/c1-15-5-4-6-18(11-15)24-21-7-9-23-22(25-21)26-10-8-16-12-19(27-2)20(28-3)13-17(16)14-26/h4-7,9,11-13H,8,10,14H2,1-3H3,(H,23,24,25). The molecule has 0 aliphatic carbocycles. The maximum Gasteiger partial charge on any atom is 0.227 e. The van der Waals surface area contributed by atoms with Crippen LogP contribution in [-0.4, -0.2) is 30.7 Å². The molecule has 0 atom stereocenters. The summed E-state index contributed by atoms with van der Waals surface area (Å²) in [6, 6.07) is 14.2. The number of nitrogens with one attached hydrogen (secondary N) is 1. The number of aryl methyl sites for hydroxylation is 1. The van der Waals surface area contributed by atoms with E-state index in [1.54, 1.807) is 20.4 Å². The second kappa shape index (κ2) is 7.76. The minimum Gasteiger partial charge on any atom is -0.493 e. The fourth-order valence-corrected chi connectivity index (χ4v) is 3.49. The van der Waals surface area contributed by atoms with Crippen LogP contribution in [-0.2, 0) is 13.0 Å². The van der Waals surface area contributed by atoms with Crippen LogP contribution in [0.25, 0.3) is 0 Å². The zero-order chi connectivity index (χ0) is 19.5. The van der Waals surface area contributed by atoms with E-state index in [4.69, 9.17) is 14.5 Å². The molecular formula is C22H24N4O2. The summed E-state index contributed by atoms with van der Waals surface area (Å²) in [5.41, 5.74) is 4.72. The summed E-state index contributed by atoms with van der Waals surface area (Å²) < 4.78 is 10.9. The fourth-order valence-electron chi connectivity index (χ4n) is 3.49. The Kier molecular flexibility index (Phi) is 5.02. The van der Waals surface area contributed by atoms with Gasteiger partial charge in [0.1, 0.15) is 5.82 Å². The van der Waals surface area contributed by atoms with Gasteiger partial charge in [0.15, 0.2) is 11.5 Å². The van der Waals surface area contributed by atoms with Crippen molar-refractivity contribution >= 4 is 17.5 Å². The van der Waals surface area contributed by atoms with Crippen LogP contribution in [0.5, 0.6) is 11.5 Å². The Morgan fingerprint density at radius 1 is 1.00 bits per heavy atom. The van der Waals surface area contributed by atoms with E-state index in [-0.39, 0.29) is 0 Å². The van der Waals surface area contributed by atoms with E-state index >= 15 is 0 Å². The van der Waals surface area contributed by atoms with Crippen molar-refractivity contribution in [3.8, 4) is 11.5 Å². The van der Waals surface area contributed by atoms with Gasteiger partial charge in [-0.2, -0.15) is 4.98 Å². The molecule has 0 spiro atoms. The van der Waals surface area contributed by atoms with Crippen molar-refractivity contribution in [3.63, 3.8) is 0 Å². The minimum absolute atomic E-state index is 0.720. The highest BCUT2D eigenvalue weighted by atomic mass is 16.5. The Bertz CT molecular complexity index is 990. The number of fused-ring (bicyclic) bond motifs is 1. The third-order valence-electron chi connectivity index (χ3n) is 4.93. The number of hydrogen-bond donors (Lipinski definition) is 1.